The van der Waals surface area contributed by atoms with Gasteiger partial charge in [0.1, 0.15) is 5.75 Å². The van der Waals surface area contributed by atoms with Gasteiger partial charge in [0.2, 0.25) is 0 Å². The molecule has 84 valence electrons. The summed E-state index contributed by atoms with van der Waals surface area (Å²) in [6.07, 6.45) is 0.980. The number of rotatable bonds is 5. The highest BCUT2D eigenvalue weighted by Crippen LogP contribution is 2.13. The van der Waals surface area contributed by atoms with Gasteiger partial charge in [-0.15, -0.1) is 0 Å². The maximum Gasteiger partial charge on any atom is 0.118 e. The van der Waals surface area contributed by atoms with Crippen molar-refractivity contribution in [1.29, 1.82) is 0 Å². The Hall–Kier alpha value is -1.06. The Labute approximate surface area is 91.8 Å². The van der Waals surface area contributed by atoms with E-state index in [4.69, 9.17) is 10.5 Å². The first-order valence-electron chi connectivity index (χ1n) is 5.16. The zero-order chi connectivity index (χ0) is 11.3. The highest BCUT2D eigenvalue weighted by Gasteiger charge is 2.09. The minimum Gasteiger partial charge on any atom is -0.497 e. The molecule has 0 aliphatic heterocycles. The molecule has 1 rings (SSSR count). The van der Waals surface area contributed by atoms with E-state index in [1.165, 1.54) is 5.56 Å². The Bertz CT molecular complexity index is 282. The molecule has 0 fully saturated rings. The van der Waals surface area contributed by atoms with Crippen LogP contribution in [0.4, 0.5) is 0 Å². The lowest BCUT2D eigenvalue weighted by Gasteiger charge is -2.22. The maximum atomic E-state index is 5.71. The van der Waals surface area contributed by atoms with Crippen LogP contribution >= 0.6 is 0 Å². The van der Waals surface area contributed by atoms with E-state index in [0.29, 0.717) is 12.6 Å². The third kappa shape index (κ3) is 3.53. The van der Waals surface area contributed by atoms with Gasteiger partial charge in [0.15, 0.2) is 0 Å². The van der Waals surface area contributed by atoms with Gasteiger partial charge in [-0.25, -0.2) is 0 Å². The van der Waals surface area contributed by atoms with Gasteiger partial charge in [-0.05, 0) is 38.2 Å². The van der Waals surface area contributed by atoms with Crippen molar-refractivity contribution in [2.45, 2.75) is 12.5 Å². The monoisotopic (exact) mass is 208 g/mol. The van der Waals surface area contributed by atoms with Crippen LogP contribution in [0, 0.1) is 0 Å². The van der Waals surface area contributed by atoms with Crippen LogP contribution in [0.5, 0.6) is 5.75 Å². The third-order valence-corrected chi connectivity index (χ3v) is 2.63. The second-order valence-electron chi connectivity index (χ2n) is 3.91. The number of hydrogen-bond donors (Lipinski definition) is 1. The summed E-state index contributed by atoms with van der Waals surface area (Å²) in [4.78, 5) is 2.16. The van der Waals surface area contributed by atoms with Crippen molar-refractivity contribution in [3.63, 3.8) is 0 Å². The maximum absolute atomic E-state index is 5.71. The van der Waals surface area contributed by atoms with E-state index in [1.807, 2.05) is 12.1 Å². The average molecular weight is 208 g/mol. The standard InChI is InChI=1S/C12H20N2O/c1-14(2)11(9-13)8-10-4-6-12(15-3)7-5-10/h4-7,11H,8-9,13H2,1-3H3/t11-/m1/s1. The molecule has 0 unspecified atom stereocenters. The Morgan fingerprint density at radius 3 is 2.27 bits per heavy atom. The van der Waals surface area contributed by atoms with Crippen LogP contribution < -0.4 is 10.5 Å². The highest BCUT2D eigenvalue weighted by molar-refractivity contribution is 5.27. The zero-order valence-corrected chi connectivity index (χ0v) is 9.73. The number of benzene rings is 1. The number of hydrogen-bond acceptors (Lipinski definition) is 3. The summed E-state index contributed by atoms with van der Waals surface area (Å²) in [7, 11) is 5.79. The largest absolute Gasteiger partial charge is 0.497 e. The molecule has 3 heteroatoms. The average Bonchev–Trinajstić information content (AvgIpc) is 2.26. The molecule has 0 amide bonds. The molecule has 0 aliphatic carbocycles. The van der Waals surface area contributed by atoms with Crippen molar-refractivity contribution in [1.82, 2.24) is 4.90 Å². The van der Waals surface area contributed by atoms with Gasteiger partial charge in [0.05, 0.1) is 7.11 Å². The van der Waals surface area contributed by atoms with Crippen LogP contribution in [0.2, 0.25) is 0 Å². The van der Waals surface area contributed by atoms with E-state index < -0.39 is 0 Å². The van der Waals surface area contributed by atoms with E-state index in [2.05, 4.69) is 31.1 Å². The van der Waals surface area contributed by atoms with Crippen LogP contribution in [-0.4, -0.2) is 38.7 Å². The van der Waals surface area contributed by atoms with Crippen LogP contribution in [-0.2, 0) is 6.42 Å². The number of likely N-dealkylation sites (N-methyl/N-ethyl adjacent to an activating group) is 1. The van der Waals surface area contributed by atoms with E-state index in [9.17, 15) is 0 Å². The molecule has 0 saturated carbocycles. The quantitative estimate of drug-likeness (QED) is 0.788. The molecule has 0 aliphatic rings. The minimum absolute atomic E-state index is 0.401. The van der Waals surface area contributed by atoms with E-state index in [-0.39, 0.29) is 0 Å². The highest BCUT2D eigenvalue weighted by atomic mass is 16.5. The van der Waals surface area contributed by atoms with Crippen LogP contribution in [0.1, 0.15) is 5.56 Å². The molecule has 0 spiro atoms. The second-order valence-corrected chi connectivity index (χ2v) is 3.91. The molecule has 2 N–H and O–H groups in total. The van der Waals surface area contributed by atoms with E-state index in [0.717, 1.165) is 12.2 Å². The normalized spacial score (nSPS) is 12.9. The van der Waals surface area contributed by atoms with Crippen molar-refractivity contribution in [3.05, 3.63) is 29.8 Å². The summed E-state index contributed by atoms with van der Waals surface area (Å²) >= 11 is 0. The van der Waals surface area contributed by atoms with Gasteiger partial charge in [0.25, 0.3) is 0 Å². The van der Waals surface area contributed by atoms with Crippen LogP contribution in [0.15, 0.2) is 24.3 Å². The summed E-state index contributed by atoms with van der Waals surface area (Å²) in [5.74, 6) is 0.896. The van der Waals surface area contributed by atoms with Gasteiger partial charge >= 0.3 is 0 Å². The van der Waals surface area contributed by atoms with Crippen molar-refractivity contribution >= 4 is 0 Å². The number of nitrogens with two attached hydrogens (primary N) is 1. The Morgan fingerprint density at radius 1 is 1.27 bits per heavy atom. The van der Waals surface area contributed by atoms with Gasteiger partial charge in [-0.3, -0.25) is 0 Å². The summed E-state index contributed by atoms with van der Waals surface area (Å²) < 4.78 is 5.11. The van der Waals surface area contributed by atoms with Gasteiger partial charge in [0, 0.05) is 12.6 Å². The molecule has 1 aromatic rings. The summed E-state index contributed by atoms with van der Waals surface area (Å²) in [5, 5.41) is 0. The molecule has 0 bridgehead atoms. The van der Waals surface area contributed by atoms with Crippen molar-refractivity contribution < 1.29 is 4.74 Å². The molecule has 0 saturated heterocycles. The molecule has 1 aromatic carbocycles. The summed E-state index contributed by atoms with van der Waals surface area (Å²) in [5.41, 5.74) is 7.00. The lowest BCUT2D eigenvalue weighted by molar-refractivity contribution is 0.298. The van der Waals surface area contributed by atoms with Crippen molar-refractivity contribution in [2.75, 3.05) is 27.7 Å². The SMILES string of the molecule is COc1ccc(C[C@H](CN)N(C)C)cc1. The van der Waals surface area contributed by atoms with Gasteiger partial charge in [-0.2, -0.15) is 0 Å². The summed E-state index contributed by atoms with van der Waals surface area (Å²) in [6, 6.07) is 8.55. The Balaban J connectivity index is 2.63. The lowest BCUT2D eigenvalue weighted by Crippen LogP contribution is -2.36. The van der Waals surface area contributed by atoms with Crippen LogP contribution in [0.25, 0.3) is 0 Å². The van der Waals surface area contributed by atoms with Crippen LogP contribution in [0.3, 0.4) is 0 Å². The molecule has 3 nitrogen and oxygen atoms in total. The smallest absolute Gasteiger partial charge is 0.118 e. The van der Waals surface area contributed by atoms with Gasteiger partial charge in [-0.1, -0.05) is 12.1 Å². The molecule has 0 heterocycles. The molecule has 15 heavy (non-hydrogen) atoms. The molecular formula is C12H20N2O. The molecule has 1 atom stereocenters. The Kier molecular flexibility index (Phi) is 4.59. The van der Waals surface area contributed by atoms with Crippen molar-refractivity contribution in [2.24, 2.45) is 5.73 Å². The zero-order valence-electron chi connectivity index (χ0n) is 9.73. The summed E-state index contributed by atoms with van der Waals surface area (Å²) in [6.45, 7) is 0.680. The second kappa shape index (κ2) is 5.73. The number of nitrogens with zero attached hydrogens (tertiary/aromatic N) is 1. The minimum atomic E-state index is 0.401. The van der Waals surface area contributed by atoms with Crippen molar-refractivity contribution in [3.8, 4) is 5.75 Å². The first kappa shape index (κ1) is 12.0. The third-order valence-electron chi connectivity index (χ3n) is 2.63. The fourth-order valence-electron chi connectivity index (χ4n) is 1.51. The fourth-order valence-corrected chi connectivity index (χ4v) is 1.51. The first-order chi connectivity index (χ1) is 7.17. The Morgan fingerprint density at radius 2 is 1.87 bits per heavy atom. The first-order valence-corrected chi connectivity index (χ1v) is 5.16. The van der Waals surface area contributed by atoms with E-state index in [1.54, 1.807) is 7.11 Å². The lowest BCUT2D eigenvalue weighted by atomic mass is 10.1. The van der Waals surface area contributed by atoms with E-state index >= 15 is 0 Å². The molecule has 0 radical (unpaired) electrons. The number of ether oxygens (including phenoxy) is 1. The molecule has 0 aromatic heterocycles. The van der Waals surface area contributed by atoms with Gasteiger partial charge < -0.3 is 15.4 Å². The topological polar surface area (TPSA) is 38.5 Å². The predicted octanol–water partition coefficient (Wildman–Crippen LogP) is 1.13. The molecular weight excluding hydrogens is 188 g/mol. The number of methoxy groups -OCH3 is 1. The fraction of sp³-hybridized carbons (Fsp3) is 0.500. The predicted molar refractivity (Wildman–Crippen MR) is 63.2 cm³/mol.